The summed E-state index contributed by atoms with van der Waals surface area (Å²) in [4.78, 5) is 0. The quantitative estimate of drug-likeness (QED) is 0.646. The van der Waals surface area contributed by atoms with E-state index in [4.69, 9.17) is 0 Å². The maximum atomic E-state index is 3.71. The van der Waals surface area contributed by atoms with Gasteiger partial charge in [-0.3, -0.25) is 0 Å². The van der Waals surface area contributed by atoms with Crippen LogP contribution in [0.25, 0.3) is 0 Å². The molecular formula is C10H20N2. The minimum atomic E-state index is 0.592. The SMILES string of the molecule is CC1(C)CCC(NC2CNC2)C1. The summed E-state index contributed by atoms with van der Waals surface area (Å²) in [5.74, 6) is 0. The molecule has 70 valence electrons. The third-order valence-electron chi connectivity index (χ3n) is 3.22. The molecule has 1 aliphatic carbocycles. The maximum absolute atomic E-state index is 3.71. The fourth-order valence-electron chi connectivity index (χ4n) is 2.32. The normalized spacial score (nSPS) is 35.0. The first kappa shape index (κ1) is 8.52. The van der Waals surface area contributed by atoms with Gasteiger partial charge in [-0.25, -0.2) is 0 Å². The van der Waals surface area contributed by atoms with Gasteiger partial charge in [0.25, 0.3) is 0 Å². The van der Waals surface area contributed by atoms with E-state index in [0.717, 1.165) is 12.1 Å². The van der Waals surface area contributed by atoms with Crippen molar-refractivity contribution in [2.75, 3.05) is 13.1 Å². The minimum Gasteiger partial charge on any atom is -0.314 e. The van der Waals surface area contributed by atoms with Crippen molar-refractivity contribution in [3.8, 4) is 0 Å². The molecule has 2 aliphatic rings. The van der Waals surface area contributed by atoms with Gasteiger partial charge in [0.15, 0.2) is 0 Å². The van der Waals surface area contributed by atoms with E-state index in [0.29, 0.717) is 5.41 Å². The van der Waals surface area contributed by atoms with Crippen LogP contribution in [0.3, 0.4) is 0 Å². The highest BCUT2D eigenvalue weighted by Crippen LogP contribution is 2.37. The maximum Gasteiger partial charge on any atom is 0.0319 e. The van der Waals surface area contributed by atoms with E-state index in [1.165, 1.54) is 32.4 Å². The van der Waals surface area contributed by atoms with Crippen molar-refractivity contribution >= 4 is 0 Å². The van der Waals surface area contributed by atoms with Gasteiger partial charge in [0.1, 0.15) is 0 Å². The topological polar surface area (TPSA) is 24.1 Å². The first-order valence-corrected chi connectivity index (χ1v) is 5.12. The minimum absolute atomic E-state index is 0.592. The predicted octanol–water partition coefficient (Wildman–Crippen LogP) is 1.13. The second kappa shape index (κ2) is 3.00. The van der Waals surface area contributed by atoms with Crippen molar-refractivity contribution < 1.29 is 0 Å². The highest BCUT2D eigenvalue weighted by Gasteiger charge is 2.32. The van der Waals surface area contributed by atoms with Crippen LogP contribution in [0, 0.1) is 5.41 Å². The molecule has 2 nitrogen and oxygen atoms in total. The summed E-state index contributed by atoms with van der Waals surface area (Å²) in [5.41, 5.74) is 0.592. The van der Waals surface area contributed by atoms with E-state index in [1.54, 1.807) is 0 Å². The third kappa shape index (κ3) is 1.80. The summed E-state index contributed by atoms with van der Waals surface area (Å²) in [7, 11) is 0. The molecule has 0 bridgehead atoms. The van der Waals surface area contributed by atoms with Crippen molar-refractivity contribution in [1.29, 1.82) is 0 Å². The van der Waals surface area contributed by atoms with Crippen LogP contribution < -0.4 is 10.6 Å². The molecule has 1 saturated carbocycles. The molecule has 2 rings (SSSR count). The summed E-state index contributed by atoms with van der Waals surface area (Å²) in [5, 5.41) is 7.00. The molecule has 0 amide bonds. The Bertz CT molecular complexity index is 161. The Morgan fingerprint density at radius 3 is 2.42 bits per heavy atom. The molecule has 1 aliphatic heterocycles. The van der Waals surface area contributed by atoms with Gasteiger partial charge in [0.2, 0.25) is 0 Å². The monoisotopic (exact) mass is 168 g/mol. The van der Waals surface area contributed by atoms with Gasteiger partial charge in [0, 0.05) is 25.2 Å². The molecule has 1 atom stereocenters. The van der Waals surface area contributed by atoms with Crippen molar-refractivity contribution in [3.63, 3.8) is 0 Å². The Morgan fingerprint density at radius 1 is 1.25 bits per heavy atom. The van der Waals surface area contributed by atoms with Crippen LogP contribution in [0.1, 0.15) is 33.1 Å². The first-order chi connectivity index (χ1) is 5.66. The molecule has 2 heteroatoms. The van der Waals surface area contributed by atoms with Crippen molar-refractivity contribution in [3.05, 3.63) is 0 Å². The van der Waals surface area contributed by atoms with Crippen LogP contribution in [0.15, 0.2) is 0 Å². The fourth-order valence-corrected chi connectivity index (χ4v) is 2.32. The van der Waals surface area contributed by atoms with Crippen LogP contribution in [0.2, 0.25) is 0 Å². The summed E-state index contributed by atoms with van der Waals surface area (Å²) in [6.07, 6.45) is 4.14. The van der Waals surface area contributed by atoms with Crippen LogP contribution in [0.4, 0.5) is 0 Å². The molecule has 1 unspecified atom stereocenters. The van der Waals surface area contributed by atoms with Crippen LogP contribution in [-0.2, 0) is 0 Å². The molecule has 0 spiro atoms. The van der Waals surface area contributed by atoms with Gasteiger partial charge in [-0.15, -0.1) is 0 Å². The first-order valence-electron chi connectivity index (χ1n) is 5.12. The highest BCUT2D eigenvalue weighted by molar-refractivity contribution is 4.91. The standard InChI is InChI=1S/C10H20N2/c1-10(2)4-3-8(5-10)12-9-6-11-7-9/h8-9,11-12H,3-7H2,1-2H3. The van der Waals surface area contributed by atoms with E-state index < -0.39 is 0 Å². The highest BCUT2D eigenvalue weighted by atomic mass is 15.1. The fraction of sp³-hybridized carbons (Fsp3) is 1.00. The van der Waals surface area contributed by atoms with Gasteiger partial charge >= 0.3 is 0 Å². The van der Waals surface area contributed by atoms with Gasteiger partial charge < -0.3 is 10.6 Å². The number of rotatable bonds is 2. The summed E-state index contributed by atoms with van der Waals surface area (Å²) < 4.78 is 0. The second-order valence-corrected chi connectivity index (χ2v) is 5.13. The predicted molar refractivity (Wildman–Crippen MR) is 51.2 cm³/mol. The lowest BCUT2D eigenvalue weighted by molar-refractivity contribution is 0.308. The lowest BCUT2D eigenvalue weighted by atomic mass is 9.91. The second-order valence-electron chi connectivity index (χ2n) is 5.13. The summed E-state index contributed by atoms with van der Waals surface area (Å²) in [6.45, 7) is 7.12. The molecule has 1 heterocycles. The molecule has 0 aromatic heterocycles. The zero-order valence-corrected chi connectivity index (χ0v) is 8.19. The van der Waals surface area contributed by atoms with E-state index >= 15 is 0 Å². The van der Waals surface area contributed by atoms with Crippen LogP contribution in [0.5, 0.6) is 0 Å². The zero-order valence-electron chi connectivity index (χ0n) is 8.19. The Morgan fingerprint density at radius 2 is 2.00 bits per heavy atom. The van der Waals surface area contributed by atoms with E-state index in [2.05, 4.69) is 24.5 Å². The molecular weight excluding hydrogens is 148 g/mol. The average Bonchev–Trinajstić information content (AvgIpc) is 2.21. The van der Waals surface area contributed by atoms with E-state index in [1.807, 2.05) is 0 Å². The largest absolute Gasteiger partial charge is 0.314 e. The number of hydrogen-bond acceptors (Lipinski definition) is 2. The van der Waals surface area contributed by atoms with Gasteiger partial charge in [-0.2, -0.15) is 0 Å². The molecule has 1 saturated heterocycles. The summed E-state index contributed by atoms with van der Waals surface area (Å²) >= 11 is 0. The Labute approximate surface area is 75.1 Å². The number of hydrogen-bond donors (Lipinski definition) is 2. The van der Waals surface area contributed by atoms with Crippen LogP contribution >= 0.6 is 0 Å². The average molecular weight is 168 g/mol. The molecule has 12 heavy (non-hydrogen) atoms. The lowest BCUT2D eigenvalue weighted by Gasteiger charge is -2.31. The lowest BCUT2D eigenvalue weighted by Crippen LogP contribution is -2.57. The van der Waals surface area contributed by atoms with Gasteiger partial charge in [-0.05, 0) is 24.7 Å². The Balaban J connectivity index is 1.75. The van der Waals surface area contributed by atoms with E-state index in [9.17, 15) is 0 Å². The zero-order chi connectivity index (χ0) is 8.60. The number of nitrogens with one attached hydrogen (secondary N) is 2. The van der Waals surface area contributed by atoms with Crippen molar-refractivity contribution in [2.24, 2.45) is 5.41 Å². The van der Waals surface area contributed by atoms with Crippen LogP contribution in [-0.4, -0.2) is 25.2 Å². The Kier molecular flexibility index (Phi) is 2.13. The molecule has 2 fully saturated rings. The molecule has 0 aromatic carbocycles. The van der Waals surface area contributed by atoms with E-state index in [-0.39, 0.29) is 0 Å². The molecule has 2 N–H and O–H groups in total. The van der Waals surface area contributed by atoms with Gasteiger partial charge in [-0.1, -0.05) is 13.8 Å². The van der Waals surface area contributed by atoms with Gasteiger partial charge in [0.05, 0.1) is 0 Å². The van der Waals surface area contributed by atoms with Crippen molar-refractivity contribution in [2.45, 2.75) is 45.2 Å². The molecule has 0 radical (unpaired) electrons. The van der Waals surface area contributed by atoms with Crippen molar-refractivity contribution in [1.82, 2.24) is 10.6 Å². The molecule has 0 aromatic rings. The summed E-state index contributed by atoms with van der Waals surface area (Å²) in [6, 6.07) is 1.57. The smallest absolute Gasteiger partial charge is 0.0319 e. The Hall–Kier alpha value is -0.0800. The third-order valence-corrected chi connectivity index (χ3v) is 3.22.